The molecule has 0 saturated carbocycles. The summed E-state index contributed by atoms with van der Waals surface area (Å²) in [5.41, 5.74) is 6.32. The average molecular weight is 301 g/mol. The van der Waals surface area contributed by atoms with Crippen LogP contribution in [0.25, 0.3) is 0 Å². The lowest BCUT2D eigenvalue weighted by Gasteiger charge is -2.10. The second-order valence-electron chi connectivity index (χ2n) is 4.24. The molecule has 0 heterocycles. The van der Waals surface area contributed by atoms with Crippen LogP contribution in [-0.4, -0.2) is 39.6 Å². The van der Waals surface area contributed by atoms with Gasteiger partial charge in [-0.05, 0) is 24.6 Å². The van der Waals surface area contributed by atoms with E-state index in [0.29, 0.717) is 17.7 Å². The van der Waals surface area contributed by atoms with Gasteiger partial charge in [-0.3, -0.25) is 0 Å². The maximum Gasteiger partial charge on any atom is 0.337 e. The van der Waals surface area contributed by atoms with Gasteiger partial charge in [0.1, 0.15) is 12.4 Å². The van der Waals surface area contributed by atoms with Gasteiger partial charge < -0.3 is 15.2 Å². The zero-order valence-electron chi connectivity index (χ0n) is 11.6. The highest BCUT2D eigenvalue weighted by atomic mass is 32.2. The van der Waals surface area contributed by atoms with Gasteiger partial charge in [0, 0.05) is 0 Å². The van der Waals surface area contributed by atoms with Crippen molar-refractivity contribution >= 4 is 21.5 Å². The van der Waals surface area contributed by atoms with Crippen LogP contribution in [0.4, 0.5) is 5.69 Å². The average Bonchev–Trinajstić information content (AvgIpc) is 2.39. The molecule has 20 heavy (non-hydrogen) atoms. The third-order valence-corrected chi connectivity index (χ3v) is 4.42. The molecule has 0 unspecified atom stereocenters. The summed E-state index contributed by atoms with van der Waals surface area (Å²) in [4.78, 5) is 11.3. The number of rotatable bonds is 7. The molecule has 0 amide bonds. The number of ether oxygens (including phenoxy) is 2. The van der Waals surface area contributed by atoms with E-state index in [2.05, 4.69) is 4.74 Å². The molecule has 0 aliphatic carbocycles. The summed E-state index contributed by atoms with van der Waals surface area (Å²) in [6, 6.07) is 4.47. The highest BCUT2D eigenvalue weighted by Crippen LogP contribution is 2.22. The molecule has 0 radical (unpaired) electrons. The van der Waals surface area contributed by atoms with E-state index in [9.17, 15) is 13.2 Å². The van der Waals surface area contributed by atoms with Crippen LogP contribution in [0.1, 0.15) is 23.7 Å². The Hall–Kier alpha value is -1.76. The van der Waals surface area contributed by atoms with Gasteiger partial charge in [0.15, 0.2) is 9.84 Å². The number of hydrogen-bond donors (Lipinski definition) is 1. The molecule has 0 bridgehead atoms. The molecular formula is C13H19NO5S. The molecule has 1 aromatic carbocycles. The van der Waals surface area contributed by atoms with Gasteiger partial charge >= 0.3 is 5.97 Å². The first-order chi connectivity index (χ1) is 9.39. The molecule has 0 aromatic heterocycles. The first-order valence-electron chi connectivity index (χ1n) is 6.20. The molecular weight excluding hydrogens is 282 g/mol. The Morgan fingerprint density at radius 1 is 1.30 bits per heavy atom. The summed E-state index contributed by atoms with van der Waals surface area (Å²) >= 11 is 0. The fourth-order valence-electron chi connectivity index (χ4n) is 1.62. The van der Waals surface area contributed by atoms with E-state index in [0.717, 1.165) is 0 Å². The normalized spacial score (nSPS) is 11.1. The third kappa shape index (κ3) is 4.73. The number of nitrogen functional groups attached to an aromatic ring is 1. The molecule has 0 spiro atoms. The van der Waals surface area contributed by atoms with Crippen LogP contribution in [0.2, 0.25) is 0 Å². The summed E-state index contributed by atoms with van der Waals surface area (Å²) < 4.78 is 32.9. The summed E-state index contributed by atoms with van der Waals surface area (Å²) in [5, 5.41) is 0. The SMILES string of the molecule is CCCS(=O)(=O)CCOc1ccc(C(=O)OC)cc1N. The van der Waals surface area contributed by atoms with E-state index in [1.807, 2.05) is 6.92 Å². The van der Waals surface area contributed by atoms with Gasteiger partial charge in [-0.15, -0.1) is 0 Å². The number of anilines is 1. The molecule has 1 aromatic rings. The smallest absolute Gasteiger partial charge is 0.337 e. The lowest BCUT2D eigenvalue weighted by molar-refractivity contribution is 0.0600. The van der Waals surface area contributed by atoms with Crippen LogP contribution < -0.4 is 10.5 Å². The Labute approximate surface area is 118 Å². The van der Waals surface area contributed by atoms with Crippen molar-refractivity contribution < 1.29 is 22.7 Å². The molecule has 0 aliphatic rings. The Morgan fingerprint density at radius 3 is 2.55 bits per heavy atom. The van der Waals surface area contributed by atoms with Crippen molar-refractivity contribution in [2.45, 2.75) is 13.3 Å². The largest absolute Gasteiger partial charge is 0.490 e. The number of esters is 1. The van der Waals surface area contributed by atoms with Crippen molar-refractivity contribution in [3.05, 3.63) is 23.8 Å². The van der Waals surface area contributed by atoms with Crippen LogP contribution in [0.5, 0.6) is 5.75 Å². The molecule has 0 aliphatic heterocycles. The number of nitrogens with two attached hydrogens (primary N) is 1. The van der Waals surface area contributed by atoms with Gasteiger partial charge in [0.25, 0.3) is 0 Å². The number of carbonyl (C=O) groups is 1. The van der Waals surface area contributed by atoms with Crippen molar-refractivity contribution in [1.82, 2.24) is 0 Å². The van der Waals surface area contributed by atoms with Gasteiger partial charge in [-0.25, -0.2) is 13.2 Å². The first-order valence-corrected chi connectivity index (χ1v) is 8.03. The molecule has 0 atom stereocenters. The Balaban J connectivity index is 2.64. The number of methoxy groups -OCH3 is 1. The van der Waals surface area contributed by atoms with E-state index in [4.69, 9.17) is 10.5 Å². The second kappa shape index (κ2) is 7.14. The topological polar surface area (TPSA) is 95.7 Å². The quantitative estimate of drug-likeness (QED) is 0.601. The fraction of sp³-hybridized carbons (Fsp3) is 0.462. The van der Waals surface area contributed by atoms with Crippen molar-refractivity contribution in [3.8, 4) is 5.75 Å². The van der Waals surface area contributed by atoms with Gasteiger partial charge in [-0.1, -0.05) is 6.92 Å². The van der Waals surface area contributed by atoms with Crippen molar-refractivity contribution in [1.29, 1.82) is 0 Å². The summed E-state index contributed by atoms with van der Waals surface area (Å²) in [7, 11) is -1.80. The number of carbonyl (C=O) groups excluding carboxylic acids is 1. The molecule has 1 rings (SSSR count). The van der Waals surface area contributed by atoms with Gasteiger partial charge in [0.2, 0.25) is 0 Å². The van der Waals surface area contributed by atoms with Crippen LogP contribution in [0.3, 0.4) is 0 Å². The number of hydrogen-bond acceptors (Lipinski definition) is 6. The van der Waals surface area contributed by atoms with Crippen LogP contribution in [-0.2, 0) is 14.6 Å². The standard InChI is InChI=1S/C13H19NO5S/c1-3-7-20(16,17)8-6-19-12-5-4-10(9-11(12)14)13(15)18-2/h4-5,9H,3,6-8,14H2,1-2H3. The lowest BCUT2D eigenvalue weighted by atomic mass is 10.2. The van der Waals surface area contributed by atoms with E-state index < -0.39 is 15.8 Å². The molecule has 2 N–H and O–H groups in total. The Bertz CT molecular complexity index is 568. The number of benzene rings is 1. The van der Waals surface area contributed by atoms with Gasteiger partial charge in [-0.2, -0.15) is 0 Å². The predicted molar refractivity (Wildman–Crippen MR) is 76.6 cm³/mol. The Kier molecular flexibility index (Phi) is 5.82. The van der Waals surface area contributed by atoms with Crippen molar-refractivity contribution in [3.63, 3.8) is 0 Å². The summed E-state index contributed by atoms with van der Waals surface area (Å²) in [6.07, 6.45) is 0.582. The molecule has 6 nitrogen and oxygen atoms in total. The highest BCUT2D eigenvalue weighted by Gasteiger charge is 2.12. The van der Waals surface area contributed by atoms with E-state index >= 15 is 0 Å². The van der Waals surface area contributed by atoms with E-state index in [1.54, 1.807) is 0 Å². The lowest BCUT2D eigenvalue weighted by Crippen LogP contribution is -2.17. The highest BCUT2D eigenvalue weighted by molar-refractivity contribution is 7.91. The maximum absolute atomic E-state index is 11.5. The maximum atomic E-state index is 11.5. The first kappa shape index (κ1) is 16.3. The van der Waals surface area contributed by atoms with Crippen molar-refractivity contribution in [2.24, 2.45) is 0 Å². The molecule has 0 saturated heterocycles. The minimum absolute atomic E-state index is 0.0318. The van der Waals surface area contributed by atoms with Crippen LogP contribution in [0.15, 0.2) is 18.2 Å². The Morgan fingerprint density at radius 2 is 2.00 bits per heavy atom. The minimum Gasteiger partial charge on any atom is -0.490 e. The fourth-order valence-corrected chi connectivity index (χ4v) is 2.78. The molecule has 7 heteroatoms. The second-order valence-corrected chi connectivity index (χ2v) is 6.55. The zero-order chi connectivity index (χ0) is 15.2. The van der Waals surface area contributed by atoms with Gasteiger partial charge in [0.05, 0.1) is 29.9 Å². The molecule has 112 valence electrons. The van der Waals surface area contributed by atoms with Crippen LogP contribution in [0, 0.1) is 0 Å². The minimum atomic E-state index is -3.08. The number of sulfone groups is 1. The van der Waals surface area contributed by atoms with E-state index in [1.165, 1.54) is 25.3 Å². The van der Waals surface area contributed by atoms with E-state index in [-0.39, 0.29) is 23.8 Å². The summed E-state index contributed by atoms with van der Waals surface area (Å²) in [6.45, 7) is 1.84. The monoisotopic (exact) mass is 301 g/mol. The summed E-state index contributed by atoms with van der Waals surface area (Å²) in [5.74, 6) is -0.0512. The zero-order valence-corrected chi connectivity index (χ0v) is 12.4. The predicted octanol–water partition coefficient (Wildman–Crippen LogP) is 1.26. The third-order valence-electron chi connectivity index (χ3n) is 2.60. The molecule has 0 fully saturated rings. The van der Waals surface area contributed by atoms with Crippen molar-refractivity contribution in [2.75, 3.05) is 31.0 Å². The van der Waals surface area contributed by atoms with Crippen LogP contribution >= 0.6 is 0 Å².